The molecule has 1 rings (SSSR count). The molecule has 0 fully saturated rings. The van der Waals surface area contributed by atoms with Crippen LogP contribution in [0.25, 0.3) is 0 Å². The van der Waals surface area contributed by atoms with Crippen LogP contribution in [0, 0.1) is 11.5 Å². The SMILES string of the molecule is N#COc1ccccc1.[SeH2]. The molecule has 2 nitrogen and oxygen atoms in total. The summed E-state index contributed by atoms with van der Waals surface area (Å²) in [6.07, 6.45) is 1.58. The zero-order valence-corrected chi connectivity index (χ0v) is 7.34. The van der Waals surface area contributed by atoms with Gasteiger partial charge in [0.25, 0.3) is 6.26 Å². The Balaban J connectivity index is 0.000000810. The fourth-order valence-corrected chi connectivity index (χ4v) is 0.541. The first-order valence-electron chi connectivity index (χ1n) is 2.54. The van der Waals surface area contributed by atoms with Crippen molar-refractivity contribution in [3.63, 3.8) is 0 Å². The Hall–Kier alpha value is -0.971. The predicted octanol–water partition coefficient (Wildman–Crippen LogP) is 0.630. The van der Waals surface area contributed by atoms with Crippen molar-refractivity contribution in [3.8, 4) is 12.0 Å². The summed E-state index contributed by atoms with van der Waals surface area (Å²) in [5.41, 5.74) is 0. The van der Waals surface area contributed by atoms with Gasteiger partial charge in [-0.1, -0.05) is 18.2 Å². The van der Waals surface area contributed by atoms with Gasteiger partial charge in [-0.05, 0) is 12.1 Å². The number of nitrogens with zero attached hydrogens (tertiary/aromatic N) is 1. The summed E-state index contributed by atoms with van der Waals surface area (Å²) in [7, 11) is 0. The van der Waals surface area contributed by atoms with Gasteiger partial charge in [0.1, 0.15) is 5.75 Å². The maximum absolute atomic E-state index is 8.05. The van der Waals surface area contributed by atoms with E-state index in [0.29, 0.717) is 5.75 Å². The molecule has 0 aliphatic rings. The van der Waals surface area contributed by atoms with E-state index in [2.05, 4.69) is 4.74 Å². The molecule has 0 bridgehead atoms. The van der Waals surface area contributed by atoms with E-state index >= 15 is 0 Å². The third-order valence-corrected chi connectivity index (χ3v) is 0.907. The van der Waals surface area contributed by atoms with Crippen LogP contribution in [-0.4, -0.2) is 17.1 Å². The van der Waals surface area contributed by atoms with E-state index in [4.69, 9.17) is 5.26 Å². The molecule has 3 heteroatoms. The minimum absolute atomic E-state index is 0. The second-order valence-electron chi connectivity index (χ2n) is 1.51. The average molecular weight is 200 g/mol. The summed E-state index contributed by atoms with van der Waals surface area (Å²) in [6, 6.07) is 8.94. The Labute approximate surface area is 69.9 Å². The molecular formula is C7H7NOSe. The van der Waals surface area contributed by atoms with Gasteiger partial charge in [0.2, 0.25) is 0 Å². The van der Waals surface area contributed by atoms with E-state index in [1.807, 2.05) is 18.2 Å². The molecule has 0 N–H and O–H groups in total. The molecule has 0 aromatic heterocycles. The molecule has 0 unspecified atom stereocenters. The molecule has 1 aromatic rings. The van der Waals surface area contributed by atoms with Gasteiger partial charge in [0, 0.05) is 0 Å². The first kappa shape index (κ1) is 9.03. The van der Waals surface area contributed by atoms with Crippen molar-refractivity contribution in [1.82, 2.24) is 0 Å². The number of hydrogen-bond donors (Lipinski definition) is 0. The molecule has 0 spiro atoms. The molecule has 0 aliphatic carbocycles. The Morgan fingerprint density at radius 1 is 1.20 bits per heavy atom. The van der Waals surface area contributed by atoms with E-state index < -0.39 is 0 Å². The number of hydrogen-bond acceptors (Lipinski definition) is 2. The molecule has 0 atom stereocenters. The Morgan fingerprint density at radius 2 is 1.80 bits per heavy atom. The van der Waals surface area contributed by atoms with Crippen molar-refractivity contribution in [2.24, 2.45) is 0 Å². The van der Waals surface area contributed by atoms with Crippen LogP contribution in [0.15, 0.2) is 30.3 Å². The molecule has 0 saturated carbocycles. The molecule has 0 aliphatic heterocycles. The second-order valence-corrected chi connectivity index (χ2v) is 1.51. The van der Waals surface area contributed by atoms with Crippen LogP contribution in [0.3, 0.4) is 0 Å². The molecule has 0 heterocycles. The van der Waals surface area contributed by atoms with Gasteiger partial charge >= 0.3 is 17.1 Å². The van der Waals surface area contributed by atoms with Crippen LogP contribution < -0.4 is 4.74 Å². The van der Waals surface area contributed by atoms with Crippen molar-refractivity contribution in [3.05, 3.63) is 30.3 Å². The van der Waals surface area contributed by atoms with E-state index in [-0.39, 0.29) is 17.1 Å². The summed E-state index contributed by atoms with van der Waals surface area (Å²) in [6.45, 7) is 0. The fraction of sp³-hybridized carbons (Fsp3) is 0. The molecular weight excluding hydrogens is 193 g/mol. The van der Waals surface area contributed by atoms with Gasteiger partial charge in [-0.25, -0.2) is 0 Å². The molecule has 0 saturated heterocycles. The van der Waals surface area contributed by atoms with Crippen molar-refractivity contribution >= 4 is 17.1 Å². The summed E-state index contributed by atoms with van der Waals surface area (Å²) in [5.74, 6) is 0.583. The third kappa shape index (κ3) is 2.54. The third-order valence-electron chi connectivity index (χ3n) is 0.907. The fourth-order valence-electron chi connectivity index (χ4n) is 0.541. The monoisotopic (exact) mass is 201 g/mol. The minimum atomic E-state index is 0. The van der Waals surface area contributed by atoms with Gasteiger partial charge in [-0.2, -0.15) is 0 Å². The second kappa shape index (κ2) is 4.87. The van der Waals surface area contributed by atoms with Gasteiger partial charge in [0.05, 0.1) is 0 Å². The van der Waals surface area contributed by atoms with Crippen molar-refractivity contribution in [2.45, 2.75) is 0 Å². The van der Waals surface area contributed by atoms with Crippen LogP contribution in [0.1, 0.15) is 0 Å². The topological polar surface area (TPSA) is 33.0 Å². The van der Waals surface area contributed by atoms with E-state index in [1.165, 1.54) is 0 Å². The summed E-state index contributed by atoms with van der Waals surface area (Å²) in [5, 5.41) is 8.05. The first-order chi connectivity index (χ1) is 4.43. The van der Waals surface area contributed by atoms with Gasteiger partial charge in [-0.15, -0.1) is 5.26 Å². The predicted molar refractivity (Wildman–Crippen MR) is 41.2 cm³/mol. The van der Waals surface area contributed by atoms with Crippen molar-refractivity contribution in [2.75, 3.05) is 0 Å². The first-order valence-corrected chi connectivity index (χ1v) is 2.54. The Morgan fingerprint density at radius 3 is 2.30 bits per heavy atom. The van der Waals surface area contributed by atoms with E-state index in [1.54, 1.807) is 18.4 Å². The molecule has 0 radical (unpaired) electrons. The molecule has 10 heavy (non-hydrogen) atoms. The molecule has 0 amide bonds. The Kier molecular flexibility index (Phi) is 4.39. The summed E-state index contributed by atoms with van der Waals surface area (Å²) < 4.78 is 4.51. The number of para-hydroxylation sites is 1. The quantitative estimate of drug-likeness (QED) is 0.492. The normalized spacial score (nSPS) is 7.10. The molecule has 1 aromatic carbocycles. The number of nitriles is 1. The van der Waals surface area contributed by atoms with Crippen molar-refractivity contribution < 1.29 is 4.74 Å². The summed E-state index contributed by atoms with van der Waals surface area (Å²) >= 11 is 0. The van der Waals surface area contributed by atoms with Crippen LogP contribution in [-0.2, 0) is 0 Å². The number of ether oxygens (including phenoxy) is 1. The van der Waals surface area contributed by atoms with Crippen LogP contribution in [0.2, 0.25) is 0 Å². The van der Waals surface area contributed by atoms with E-state index in [9.17, 15) is 0 Å². The van der Waals surface area contributed by atoms with Crippen LogP contribution in [0.5, 0.6) is 5.75 Å². The van der Waals surface area contributed by atoms with E-state index in [0.717, 1.165) is 0 Å². The average Bonchev–Trinajstić information content (AvgIpc) is 1.91. The van der Waals surface area contributed by atoms with Gasteiger partial charge < -0.3 is 4.74 Å². The molecule has 52 valence electrons. The summed E-state index contributed by atoms with van der Waals surface area (Å²) in [4.78, 5) is 0. The zero-order valence-electron chi connectivity index (χ0n) is 5.24. The van der Waals surface area contributed by atoms with Crippen molar-refractivity contribution in [1.29, 1.82) is 5.26 Å². The van der Waals surface area contributed by atoms with Gasteiger partial charge in [-0.3, -0.25) is 0 Å². The van der Waals surface area contributed by atoms with Gasteiger partial charge in [0.15, 0.2) is 0 Å². The number of rotatable bonds is 1. The standard InChI is InChI=1S/C7H5NO.H2Se/c8-6-9-7-4-2-1-3-5-7;/h1-5H;1H2. The van der Waals surface area contributed by atoms with Crippen LogP contribution in [0.4, 0.5) is 0 Å². The Bertz CT molecular complexity index is 217. The maximum atomic E-state index is 8.05. The van der Waals surface area contributed by atoms with Crippen LogP contribution >= 0.6 is 0 Å². The number of benzene rings is 1. The zero-order chi connectivity index (χ0) is 6.53.